The maximum Gasteiger partial charge on any atom is 0.263 e. The predicted octanol–water partition coefficient (Wildman–Crippen LogP) is 4.75. The first-order chi connectivity index (χ1) is 13.5. The molecule has 6 heteroatoms. The zero-order valence-corrected chi connectivity index (χ0v) is 16.8. The van der Waals surface area contributed by atoms with E-state index in [1.54, 1.807) is 60.4 Å². The van der Waals surface area contributed by atoms with E-state index in [4.69, 9.17) is 20.8 Å². The molecule has 0 radical (unpaired) electrons. The van der Waals surface area contributed by atoms with Crippen LogP contribution in [0.15, 0.2) is 57.7 Å². The molecule has 28 heavy (non-hydrogen) atoms. The highest BCUT2D eigenvalue weighted by molar-refractivity contribution is 6.33. The van der Waals surface area contributed by atoms with Crippen LogP contribution in [-0.2, 0) is 4.79 Å². The third kappa shape index (κ3) is 3.76. The normalized spacial score (nSPS) is 12.0. The van der Waals surface area contributed by atoms with Gasteiger partial charge >= 0.3 is 0 Å². The van der Waals surface area contributed by atoms with Crippen molar-refractivity contribution < 1.29 is 13.9 Å². The summed E-state index contributed by atoms with van der Waals surface area (Å²) in [5, 5.41) is 0.810. The van der Waals surface area contributed by atoms with Crippen LogP contribution < -0.4 is 10.2 Å². The van der Waals surface area contributed by atoms with Gasteiger partial charge in [0.15, 0.2) is 11.9 Å². The summed E-state index contributed by atoms with van der Waals surface area (Å²) < 4.78 is 11.9. The molecule has 0 aliphatic rings. The Hall–Kier alpha value is -2.79. The lowest BCUT2D eigenvalue weighted by atomic mass is 10.1. The molecule has 1 atom stereocenters. The molecular weight excluding hydrogens is 378 g/mol. The number of carbonyl (C=O) groups is 1. The van der Waals surface area contributed by atoms with E-state index in [0.717, 1.165) is 0 Å². The molecule has 0 fully saturated rings. The van der Waals surface area contributed by atoms with Gasteiger partial charge < -0.3 is 14.1 Å². The molecule has 1 heterocycles. The summed E-state index contributed by atoms with van der Waals surface area (Å²) in [5.74, 6) is 0.0102. The number of para-hydroxylation sites is 1. The van der Waals surface area contributed by atoms with Crippen molar-refractivity contribution in [1.82, 2.24) is 4.90 Å². The lowest BCUT2D eigenvalue weighted by molar-refractivity contribution is -0.137. The Morgan fingerprint density at radius 3 is 2.43 bits per heavy atom. The summed E-state index contributed by atoms with van der Waals surface area (Å²) >= 11 is 6.34. The molecule has 0 aliphatic heterocycles. The fourth-order valence-corrected chi connectivity index (χ4v) is 3.30. The van der Waals surface area contributed by atoms with Crippen LogP contribution in [0.3, 0.4) is 0 Å². The number of ether oxygens (including phenoxy) is 1. The number of halogens is 1. The van der Waals surface area contributed by atoms with Crippen molar-refractivity contribution in [2.24, 2.45) is 0 Å². The van der Waals surface area contributed by atoms with Crippen molar-refractivity contribution in [3.8, 4) is 17.1 Å². The molecule has 0 saturated carbocycles. The van der Waals surface area contributed by atoms with Crippen LogP contribution in [-0.4, -0.2) is 30.0 Å². The molecule has 5 nitrogen and oxygen atoms in total. The van der Waals surface area contributed by atoms with Crippen LogP contribution in [0.25, 0.3) is 22.3 Å². The summed E-state index contributed by atoms with van der Waals surface area (Å²) in [4.78, 5) is 27.4. The molecule has 1 amide bonds. The van der Waals surface area contributed by atoms with E-state index in [1.807, 2.05) is 13.8 Å². The van der Waals surface area contributed by atoms with Gasteiger partial charge in [0.05, 0.1) is 10.4 Å². The monoisotopic (exact) mass is 399 g/mol. The minimum atomic E-state index is -0.842. The molecule has 0 saturated heterocycles. The Kier molecular flexibility index (Phi) is 6.05. The number of hydrogen-bond donors (Lipinski definition) is 0. The van der Waals surface area contributed by atoms with Gasteiger partial charge in [0.1, 0.15) is 5.58 Å². The standard InChI is InChI=1S/C22H22ClNO4/c1-4-24(5-2)22(26)14(3)27-21-19(25)16-11-7-9-13-18(16)28-20(21)15-10-6-8-12-17(15)23/h6-14H,4-5H2,1-3H3/t14-/m1/s1. The largest absolute Gasteiger partial charge is 0.473 e. The van der Waals surface area contributed by atoms with E-state index < -0.39 is 6.10 Å². The Morgan fingerprint density at radius 2 is 1.75 bits per heavy atom. The van der Waals surface area contributed by atoms with Gasteiger partial charge in [-0.25, -0.2) is 0 Å². The van der Waals surface area contributed by atoms with Crippen molar-refractivity contribution in [2.75, 3.05) is 13.1 Å². The van der Waals surface area contributed by atoms with E-state index in [-0.39, 0.29) is 22.8 Å². The zero-order valence-electron chi connectivity index (χ0n) is 16.1. The summed E-state index contributed by atoms with van der Waals surface area (Å²) in [6.07, 6.45) is -0.842. The third-order valence-corrected chi connectivity index (χ3v) is 4.92. The maximum absolute atomic E-state index is 13.1. The second-order valence-electron chi connectivity index (χ2n) is 6.34. The van der Waals surface area contributed by atoms with Crippen molar-refractivity contribution in [3.63, 3.8) is 0 Å². The number of nitrogens with zero attached hydrogens (tertiary/aromatic N) is 1. The van der Waals surface area contributed by atoms with Crippen LogP contribution in [0.5, 0.6) is 5.75 Å². The van der Waals surface area contributed by atoms with Crippen molar-refractivity contribution in [2.45, 2.75) is 26.9 Å². The second-order valence-corrected chi connectivity index (χ2v) is 6.74. The zero-order chi connectivity index (χ0) is 20.3. The number of fused-ring (bicyclic) bond motifs is 1. The molecule has 2 aromatic carbocycles. The predicted molar refractivity (Wildman–Crippen MR) is 111 cm³/mol. The minimum absolute atomic E-state index is 0.0141. The molecule has 0 N–H and O–H groups in total. The van der Waals surface area contributed by atoms with Gasteiger partial charge in [-0.1, -0.05) is 35.9 Å². The highest BCUT2D eigenvalue weighted by Crippen LogP contribution is 2.35. The lowest BCUT2D eigenvalue weighted by Gasteiger charge is -2.23. The van der Waals surface area contributed by atoms with Crippen molar-refractivity contribution in [1.29, 1.82) is 0 Å². The first-order valence-electron chi connectivity index (χ1n) is 9.24. The number of rotatable bonds is 6. The fourth-order valence-electron chi connectivity index (χ4n) is 3.07. The average molecular weight is 400 g/mol. The molecule has 0 unspecified atom stereocenters. The van der Waals surface area contributed by atoms with Crippen molar-refractivity contribution in [3.05, 3.63) is 63.8 Å². The Morgan fingerprint density at radius 1 is 1.11 bits per heavy atom. The van der Waals surface area contributed by atoms with Gasteiger partial charge in [-0.15, -0.1) is 0 Å². The smallest absolute Gasteiger partial charge is 0.263 e. The molecule has 3 aromatic rings. The summed E-state index contributed by atoms with van der Waals surface area (Å²) in [6.45, 7) is 6.55. The van der Waals surface area contributed by atoms with Crippen LogP contribution in [0.1, 0.15) is 20.8 Å². The molecule has 146 valence electrons. The highest BCUT2D eigenvalue weighted by atomic mass is 35.5. The number of benzene rings is 2. The minimum Gasteiger partial charge on any atom is -0.473 e. The highest BCUT2D eigenvalue weighted by Gasteiger charge is 2.25. The number of amides is 1. The molecular formula is C22H22ClNO4. The summed E-state index contributed by atoms with van der Waals surface area (Å²) in [6, 6.07) is 14.0. The van der Waals surface area contributed by atoms with Gasteiger partial charge in [-0.2, -0.15) is 0 Å². The van der Waals surface area contributed by atoms with Gasteiger partial charge in [0.25, 0.3) is 5.91 Å². The first kappa shape index (κ1) is 20.0. The van der Waals surface area contributed by atoms with Crippen LogP contribution >= 0.6 is 11.6 Å². The van der Waals surface area contributed by atoms with E-state index in [0.29, 0.717) is 34.6 Å². The molecule has 0 aliphatic carbocycles. The SMILES string of the molecule is CCN(CC)C(=O)[C@@H](C)Oc1c(-c2ccccc2Cl)oc2ccccc2c1=O. The fraction of sp³-hybridized carbons (Fsp3) is 0.273. The Balaban J connectivity index is 2.16. The summed E-state index contributed by atoms with van der Waals surface area (Å²) in [7, 11) is 0. The van der Waals surface area contributed by atoms with Gasteiger partial charge in [0.2, 0.25) is 11.2 Å². The van der Waals surface area contributed by atoms with Gasteiger partial charge in [-0.3, -0.25) is 9.59 Å². The van der Waals surface area contributed by atoms with Gasteiger partial charge in [-0.05, 0) is 45.0 Å². The maximum atomic E-state index is 13.1. The van der Waals surface area contributed by atoms with Crippen LogP contribution in [0.2, 0.25) is 5.02 Å². The number of likely N-dealkylation sites (N-methyl/N-ethyl adjacent to an activating group) is 1. The topological polar surface area (TPSA) is 59.8 Å². The lowest BCUT2D eigenvalue weighted by Crippen LogP contribution is -2.40. The molecule has 0 spiro atoms. The molecule has 1 aromatic heterocycles. The van der Waals surface area contributed by atoms with E-state index in [1.165, 1.54) is 0 Å². The second kappa shape index (κ2) is 8.48. The van der Waals surface area contributed by atoms with E-state index in [2.05, 4.69) is 0 Å². The quantitative estimate of drug-likeness (QED) is 0.600. The van der Waals surface area contributed by atoms with E-state index >= 15 is 0 Å². The number of carbonyl (C=O) groups excluding carboxylic acids is 1. The molecule has 0 bridgehead atoms. The average Bonchev–Trinajstić information content (AvgIpc) is 2.71. The Labute approximate surface area is 168 Å². The summed E-state index contributed by atoms with van der Waals surface area (Å²) in [5.41, 5.74) is 0.623. The van der Waals surface area contributed by atoms with Gasteiger partial charge in [0, 0.05) is 18.7 Å². The Bertz CT molecular complexity index is 1060. The van der Waals surface area contributed by atoms with E-state index in [9.17, 15) is 9.59 Å². The number of hydrogen-bond acceptors (Lipinski definition) is 4. The molecule has 3 rings (SSSR count). The van der Waals surface area contributed by atoms with Crippen LogP contribution in [0.4, 0.5) is 0 Å². The van der Waals surface area contributed by atoms with Crippen LogP contribution in [0, 0.1) is 0 Å². The first-order valence-corrected chi connectivity index (χ1v) is 9.61. The third-order valence-electron chi connectivity index (χ3n) is 4.59. The van der Waals surface area contributed by atoms with Crippen molar-refractivity contribution >= 4 is 28.5 Å².